The van der Waals surface area contributed by atoms with Gasteiger partial charge in [0.1, 0.15) is 0 Å². The summed E-state index contributed by atoms with van der Waals surface area (Å²) in [6, 6.07) is 5.21. The maximum atomic E-state index is 11.8. The number of benzene rings is 1. The van der Waals surface area contributed by atoms with Crippen molar-refractivity contribution < 1.29 is 9.90 Å². The summed E-state index contributed by atoms with van der Waals surface area (Å²) >= 11 is 6.02. The van der Waals surface area contributed by atoms with Crippen LogP contribution in [0.1, 0.15) is 24.8 Å². The third-order valence-corrected chi connectivity index (χ3v) is 4.41. The molecule has 2 rings (SSSR count). The number of urea groups is 1. The SMILES string of the molecule is Cc1ccc(NC(=O)NCC2CCCC2CO)cc1Cl. The number of halogens is 1. The van der Waals surface area contributed by atoms with Gasteiger partial charge in [-0.25, -0.2) is 4.79 Å². The van der Waals surface area contributed by atoms with Gasteiger partial charge in [-0.3, -0.25) is 0 Å². The molecule has 5 heteroatoms. The molecule has 1 aliphatic rings. The third kappa shape index (κ3) is 3.87. The highest BCUT2D eigenvalue weighted by Gasteiger charge is 2.26. The lowest BCUT2D eigenvalue weighted by atomic mass is 9.97. The molecule has 0 saturated heterocycles. The summed E-state index contributed by atoms with van der Waals surface area (Å²) in [5.74, 6) is 0.705. The number of hydrogen-bond donors (Lipinski definition) is 3. The number of anilines is 1. The average Bonchev–Trinajstić information content (AvgIpc) is 2.88. The van der Waals surface area contributed by atoms with Crippen molar-refractivity contribution in [2.75, 3.05) is 18.5 Å². The molecule has 1 saturated carbocycles. The molecular weight excluding hydrogens is 276 g/mol. The van der Waals surface area contributed by atoms with Gasteiger partial charge in [0.25, 0.3) is 0 Å². The zero-order valence-corrected chi connectivity index (χ0v) is 12.4. The van der Waals surface area contributed by atoms with E-state index in [1.165, 1.54) is 0 Å². The van der Waals surface area contributed by atoms with Crippen LogP contribution in [0.2, 0.25) is 5.02 Å². The molecule has 1 fully saturated rings. The number of amides is 2. The van der Waals surface area contributed by atoms with Crippen molar-refractivity contribution in [1.29, 1.82) is 0 Å². The smallest absolute Gasteiger partial charge is 0.319 e. The van der Waals surface area contributed by atoms with Gasteiger partial charge < -0.3 is 15.7 Å². The fourth-order valence-corrected chi connectivity index (χ4v) is 2.87. The number of carbonyl (C=O) groups excluding carboxylic acids is 1. The number of hydrogen-bond acceptors (Lipinski definition) is 2. The molecule has 3 N–H and O–H groups in total. The number of rotatable bonds is 4. The van der Waals surface area contributed by atoms with Crippen LogP contribution in [-0.4, -0.2) is 24.3 Å². The quantitative estimate of drug-likeness (QED) is 0.799. The molecule has 0 radical (unpaired) electrons. The molecule has 2 amide bonds. The van der Waals surface area contributed by atoms with Gasteiger partial charge in [-0.05, 0) is 49.3 Å². The molecular formula is C15H21ClN2O2. The normalized spacial score (nSPS) is 21.8. The van der Waals surface area contributed by atoms with Crippen LogP contribution in [0.3, 0.4) is 0 Å². The number of nitrogens with one attached hydrogen (secondary N) is 2. The van der Waals surface area contributed by atoms with E-state index in [1.54, 1.807) is 6.07 Å². The first kappa shape index (κ1) is 15.1. The van der Waals surface area contributed by atoms with Crippen LogP contribution in [0.5, 0.6) is 0 Å². The van der Waals surface area contributed by atoms with Gasteiger partial charge in [-0.1, -0.05) is 24.1 Å². The van der Waals surface area contributed by atoms with E-state index in [4.69, 9.17) is 11.6 Å². The first-order valence-corrected chi connectivity index (χ1v) is 7.40. The maximum Gasteiger partial charge on any atom is 0.319 e. The fourth-order valence-electron chi connectivity index (χ4n) is 2.69. The molecule has 4 nitrogen and oxygen atoms in total. The van der Waals surface area contributed by atoms with Crippen molar-refractivity contribution in [3.05, 3.63) is 28.8 Å². The lowest BCUT2D eigenvalue weighted by Gasteiger charge is -2.18. The van der Waals surface area contributed by atoms with Crippen molar-refractivity contribution in [2.24, 2.45) is 11.8 Å². The second kappa shape index (κ2) is 6.95. The van der Waals surface area contributed by atoms with Crippen LogP contribution in [0, 0.1) is 18.8 Å². The molecule has 0 bridgehead atoms. The minimum Gasteiger partial charge on any atom is -0.396 e. The summed E-state index contributed by atoms with van der Waals surface area (Å²) in [6.07, 6.45) is 3.26. The Morgan fingerprint density at radius 3 is 2.85 bits per heavy atom. The van der Waals surface area contributed by atoms with Gasteiger partial charge in [0.05, 0.1) is 0 Å². The molecule has 20 heavy (non-hydrogen) atoms. The van der Waals surface area contributed by atoms with Crippen LogP contribution in [0.15, 0.2) is 18.2 Å². The predicted molar refractivity (Wildman–Crippen MR) is 81.1 cm³/mol. The Morgan fingerprint density at radius 2 is 2.15 bits per heavy atom. The van der Waals surface area contributed by atoms with E-state index in [-0.39, 0.29) is 12.6 Å². The monoisotopic (exact) mass is 296 g/mol. The molecule has 2 unspecified atom stereocenters. The van der Waals surface area contributed by atoms with Crippen LogP contribution in [0.4, 0.5) is 10.5 Å². The van der Waals surface area contributed by atoms with E-state index < -0.39 is 0 Å². The van der Waals surface area contributed by atoms with Gasteiger partial charge in [0, 0.05) is 23.9 Å². The van der Waals surface area contributed by atoms with Crippen molar-refractivity contribution in [2.45, 2.75) is 26.2 Å². The molecule has 0 aliphatic heterocycles. The number of aryl methyl sites for hydroxylation is 1. The molecule has 1 aromatic carbocycles. The van der Waals surface area contributed by atoms with E-state index in [9.17, 15) is 9.90 Å². The first-order valence-electron chi connectivity index (χ1n) is 7.02. The van der Waals surface area contributed by atoms with E-state index in [1.807, 2.05) is 19.1 Å². The summed E-state index contributed by atoms with van der Waals surface area (Å²) < 4.78 is 0. The van der Waals surface area contributed by atoms with Gasteiger partial charge in [-0.2, -0.15) is 0 Å². The third-order valence-electron chi connectivity index (χ3n) is 4.01. The lowest BCUT2D eigenvalue weighted by molar-refractivity contribution is 0.192. The average molecular weight is 297 g/mol. The van der Waals surface area contributed by atoms with Gasteiger partial charge >= 0.3 is 6.03 Å². The summed E-state index contributed by atoms with van der Waals surface area (Å²) in [5.41, 5.74) is 1.66. The lowest BCUT2D eigenvalue weighted by Crippen LogP contribution is -2.34. The molecule has 110 valence electrons. The standard InChI is InChI=1S/C15H21ClN2O2/c1-10-5-6-13(7-14(10)16)18-15(20)17-8-11-3-2-4-12(11)9-19/h5-7,11-12,19H,2-4,8-9H2,1H3,(H2,17,18,20). The molecule has 0 spiro atoms. The highest BCUT2D eigenvalue weighted by molar-refractivity contribution is 6.31. The topological polar surface area (TPSA) is 61.4 Å². The minimum absolute atomic E-state index is 0.210. The van der Waals surface area contributed by atoms with Gasteiger partial charge in [-0.15, -0.1) is 0 Å². The number of aliphatic hydroxyl groups excluding tert-OH is 1. The Kier molecular flexibility index (Phi) is 5.26. The Hall–Kier alpha value is -1.26. The van der Waals surface area contributed by atoms with E-state index in [0.29, 0.717) is 29.1 Å². The maximum absolute atomic E-state index is 11.8. The molecule has 0 heterocycles. The molecule has 0 aromatic heterocycles. The Morgan fingerprint density at radius 1 is 1.40 bits per heavy atom. The summed E-state index contributed by atoms with van der Waals surface area (Å²) in [5, 5.41) is 15.5. The van der Waals surface area contributed by atoms with Gasteiger partial charge in [0.2, 0.25) is 0 Å². The zero-order chi connectivity index (χ0) is 14.5. The van der Waals surface area contributed by atoms with E-state index >= 15 is 0 Å². The zero-order valence-electron chi connectivity index (χ0n) is 11.7. The summed E-state index contributed by atoms with van der Waals surface area (Å²) in [6.45, 7) is 2.74. The first-order chi connectivity index (χ1) is 9.60. The highest BCUT2D eigenvalue weighted by atomic mass is 35.5. The fraction of sp³-hybridized carbons (Fsp3) is 0.533. The van der Waals surface area contributed by atoms with E-state index in [2.05, 4.69) is 10.6 Å². The number of carbonyl (C=O) groups is 1. The molecule has 1 aromatic rings. The largest absolute Gasteiger partial charge is 0.396 e. The summed E-state index contributed by atoms with van der Waals surface area (Å²) in [4.78, 5) is 11.8. The molecule has 1 aliphatic carbocycles. The molecule has 2 atom stereocenters. The van der Waals surface area contributed by atoms with Crippen molar-refractivity contribution in [1.82, 2.24) is 5.32 Å². The Balaban J connectivity index is 1.81. The van der Waals surface area contributed by atoms with Crippen LogP contribution >= 0.6 is 11.6 Å². The van der Waals surface area contributed by atoms with Crippen LogP contribution < -0.4 is 10.6 Å². The second-order valence-electron chi connectivity index (χ2n) is 5.43. The Labute approximate surface area is 124 Å². The highest BCUT2D eigenvalue weighted by Crippen LogP contribution is 2.30. The summed E-state index contributed by atoms with van der Waals surface area (Å²) in [7, 11) is 0. The van der Waals surface area contributed by atoms with Crippen molar-refractivity contribution >= 4 is 23.3 Å². The van der Waals surface area contributed by atoms with Crippen molar-refractivity contribution in [3.63, 3.8) is 0 Å². The van der Waals surface area contributed by atoms with E-state index in [0.717, 1.165) is 24.8 Å². The van der Waals surface area contributed by atoms with Crippen molar-refractivity contribution in [3.8, 4) is 0 Å². The Bertz CT molecular complexity index is 479. The minimum atomic E-state index is -0.228. The predicted octanol–water partition coefficient (Wildman–Crippen LogP) is 3.18. The van der Waals surface area contributed by atoms with Crippen LogP contribution in [-0.2, 0) is 0 Å². The van der Waals surface area contributed by atoms with Gasteiger partial charge in [0.15, 0.2) is 0 Å². The second-order valence-corrected chi connectivity index (χ2v) is 5.84. The number of aliphatic hydroxyl groups is 1. The van der Waals surface area contributed by atoms with Crippen LogP contribution in [0.25, 0.3) is 0 Å².